The van der Waals surface area contributed by atoms with Crippen LogP contribution in [0, 0.1) is 5.92 Å². The summed E-state index contributed by atoms with van der Waals surface area (Å²) in [6.07, 6.45) is 0.678. The molecule has 23 heavy (non-hydrogen) atoms. The van der Waals surface area contributed by atoms with Gasteiger partial charge in [0.1, 0.15) is 11.4 Å². The fourth-order valence-corrected chi connectivity index (χ4v) is 2.63. The minimum Gasteiger partial charge on any atom is -0.460 e. The maximum absolute atomic E-state index is 12.3. The lowest BCUT2D eigenvalue weighted by molar-refractivity contribution is -0.161. The van der Waals surface area contributed by atoms with Gasteiger partial charge < -0.3 is 15.4 Å². The predicted octanol–water partition coefficient (Wildman–Crippen LogP) is -0.0835. The van der Waals surface area contributed by atoms with Crippen molar-refractivity contribution in [2.75, 3.05) is 11.4 Å². The number of H-pyrrole nitrogens is 1. The molecule has 1 aliphatic rings. The second-order valence-electron chi connectivity index (χ2n) is 6.82. The van der Waals surface area contributed by atoms with Crippen molar-refractivity contribution in [2.45, 2.75) is 45.4 Å². The average Bonchev–Trinajstić information content (AvgIpc) is 2.42. The van der Waals surface area contributed by atoms with Gasteiger partial charge in [0, 0.05) is 19.7 Å². The number of nitrogens with one attached hydrogen (secondary N) is 1. The number of nitrogens with two attached hydrogens (primary N) is 1. The summed E-state index contributed by atoms with van der Waals surface area (Å²) in [6.45, 7) is 5.96. The molecule has 1 fully saturated rings. The summed E-state index contributed by atoms with van der Waals surface area (Å²) in [5.74, 6) is -0.532. The molecule has 0 bridgehead atoms. The largest absolute Gasteiger partial charge is 0.460 e. The monoisotopic (exact) mass is 324 g/mol. The Morgan fingerprint density at radius 3 is 2.61 bits per heavy atom. The Morgan fingerprint density at radius 1 is 1.39 bits per heavy atom. The second-order valence-corrected chi connectivity index (χ2v) is 6.82. The number of hydrogen-bond acceptors (Lipinski definition) is 6. The Bertz CT molecular complexity index is 669. The van der Waals surface area contributed by atoms with Crippen molar-refractivity contribution in [3.05, 3.63) is 26.9 Å². The van der Waals surface area contributed by atoms with Gasteiger partial charge in [-0.1, -0.05) is 0 Å². The lowest BCUT2D eigenvalue weighted by Gasteiger charge is -2.39. The third-order valence-corrected chi connectivity index (χ3v) is 3.84. The van der Waals surface area contributed by atoms with E-state index in [0.717, 1.165) is 11.0 Å². The number of anilines is 1. The molecule has 1 aromatic rings. The van der Waals surface area contributed by atoms with Gasteiger partial charge in [0.25, 0.3) is 5.56 Å². The highest BCUT2D eigenvalue weighted by molar-refractivity contribution is 5.74. The van der Waals surface area contributed by atoms with Gasteiger partial charge in [-0.25, -0.2) is 4.79 Å². The molecule has 128 valence electrons. The van der Waals surface area contributed by atoms with Crippen molar-refractivity contribution < 1.29 is 9.53 Å². The van der Waals surface area contributed by atoms with Crippen LogP contribution in [0.25, 0.3) is 0 Å². The highest BCUT2D eigenvalue weighted by atomic mass is 16.6. The van der Waals surface area contributed by atoms with Crippen LogP contribution in [0.3, 0.4) is 0 Å². The third kappa shape index (κ3) is 3.82. The molecule has 1 aromatic heterocycles. The zero-order valence-corrected chi connectivity index (χ0v) is 14.0. The maximum Gasteiger partial charge on any atom is 0.329 e. The first-order valence-electron chi connectivity index (χ1n) is 7.65. The van der Waals surface area contributed by atoms with Gasteiger partial charge in [-0.2, -0.15) is 0 Å². The Morgan fingerprint density at radius 2 is 2.04 bits per heavy atom. The quantitative estimate of drug-likeness (QED) is 0.736. The van der Waals surface area contributed by atoms with Gasteiger partial charge in [-0.05, 0) is 33.6 Å². The molecule has 0 aliphatic carbocycles. The number of ether oxygens (including phenoxy) is 1. The first-order valence-corrected chi connectivity index (χ1v) is 7.65. The van der Waals surface area contributed by atoms with Gasteiger partial charge >= 0.3 is 11.7 Å². The summed E-state index contributed by atoms with van der Waals surface area (Å²) in [6, 6.07) is 1.32. The molecular weight excluding hydrogens is 300 g/mol. The van der Waals surface area contributed by atoms with Crippen LogP contribution in [0.1, 0.15) is 33.6 Å². The van der Waals surface area contributed by atoms with Crippen molar-refractivity contribution in [3.63, 3.8) is 0 Å². The molecule has 2 heterocycles. The smallest absolute Gasteiger partial charge is 0.329 e. The summed E-state index contributed by atoms with van der Waals surface area (Å²) in [7, 11) is 1.39. The van der Waals surface area contributed by atoms with Crippen molar-refractivity contribution in [3.8, 4) is 0 Å². The van der Waals surface area contributed by atoms with Gasteiger partial charge in [-0.3, -0.25) is 19.1 Å². The van der Waals surface area contributed by atoms with Gasteiger partial charge in [-0.15, -0.1) is 0 Å². The van der Waals surface area contributed by atoms with E-state index in [1.165, 1.54) is 13.1 Å². The number of carbonyl (C=O) groups excluding carboxylic acids is 1. The van der Waals surface area contributed by atoms with Crippen LogP contribution in [0.15, 0.2) is 15.7 Å². The number of hydrogen-bond donors (Lipinski definition) is 2. The molecule has 8 heteroatoms. The third-order valence-electron chi connectivity index (χ3n) is 3.84. The molecule has 8 nitrogen and oxygen atoms in total. The average molecular weight is 324 g/mol. The van der Waals surface area contributed by atoms with E-state index in [0.29, 0.717) is 18.8 Å². The van der Waals surface area contributed by atoms with Crippen LogP contribution in [0.5, 0.6) is 0 Å². The zero-order valence-electron chi connectivity index (χ0n) is 14.0. The second kappa shape index (κ2) is 6.19. The Kier molecular flexibility index (Phi) is 4.65. The first-order chi connectivity index (χ1) is 10.6. The van der Waals surface area contributed by atoms with Crippen LogP contribution < -0.4 is 21.9 Å². The molecule has 0 saturated carbocycles. The molecule has 2 rings (SSSR count). The zero-order chi connectivity index (χ0) is 17.4. The van der Waals surface area contributed by atoms with E-state index < -0.39 is 28.9 Å². The van der Waals surface area contributed by atoms with Crippen molar-refractivity contribution in [1.29, 1.82) is 0 Å². The van der Waals surface area contributed by atoms with Gasteiger partial charge in [0.05, 0.1) is 12.1 Å². The molecular formula is C15H24N4O4. The van der Waals surface area contributed by atoms with Crippen LogP contribution in [-0.4, -0.2) is 33.8 Å². The number of rotatable bonds is 2. The molecule has 0 aromatic carbocycles. The standard InChI is InChI=1S/C15H24N4O4/c1-15(2,3)23-13(21)9-6-5-7-19(12(9)16)10-8-11(20)18(4)14(22)17-10/h8-9,12H,5-7,16H2,1-4H3,(H,17,22)/t9?,12-/m0/s1. The molecule has 0 radical (unpaired) electrons. The summed E-state index contributed by atoms with van der Waals surface area (Å²) in [5.41, 5.74) is 4.68. The van der Waals surface area contributed by atoms with E-state index in [-0.39, 0.29) is 5.97 Å². The van der Waals surface area contributed by atoms with Gasteiger partial charge in [0.2, 0.25) is 0 Å². The molecule has 1 saturated heterocycles. The topological polar surface area (TPSA) is 110 Å². The molecule has 1 aliphatic heterocycles. The lowest BCUT2D eigenvalue weighted by Crippen LogP contribution is -2.55. The number of aromatic amines is 1. The molecule has 1 unspecified atom stereocenters. The molecule has 0 spiro atoms. The van der Waals surface area contributed by atoms with Crippen LogP contribution in [-0.2, 0) is 16.6 Å². The summed E-state index contributed by atoms with van der Waals surface area (Å²) in [5, 5.41) is 0. The van der Waals surface area contributed by atoms with E-state index in [2.05, 4.69) is 4.98 Å². The minimum absolute atomic E-state index is 0.332. The number of nitrogens with zero attached hydrogens (tertiary/aromatic N) is 2. The first kappa shape index (κ1) is 17.3. The Balaban J connectivity index is 2.26. The molecule has 0 amide bonds. The minimum atomic E-state index is -0.652. The van der Waals surface area contributed by atoms with E-state index >= 15 is 0 Å². The van der Waals surface area contributed by atoms with Crippen molar-refractivity contribution in [2.24, 2.45) is 18.7 Å². The van der Waals surface area contributed by atoms with Crippen molar-refractivity contribution in [1.82, 2.24) is 9.55 Å². The summed E-state index contributed by atoms with van der Waals surface area (Å²) >= 11 is 0. The fraction of sp³-hybridized carbons (Fsp3) is 0.667. The number of aromatic nitrogens is 2. The van der Waals surface area contributed by atoms with Crippen molar-refractivity contribution >= 4 is 11.8 Å². The van der Waals surface area contributed by atoms with E-state index in [1.807, 2.05) is 0 Å². The number of piperidine rings is 1. The summed E-state index contributed by atoms with van der Waals surface area (Å²) in [4.78, 5) is 40.2. The fourth-order valence-electron chi connectivity index (χ4n) is 2.63. The highest BCUT2D eigenvalue weighted by Crippen LogP contribution is 2.26. The normalized spacial score (nSPS) is 22.0. The molecule has 3 N–H and O–H groups in total. The molecule has 2 atom stereocenters. The van der Waals surface area contributed by atoms with Crippen LogP contribution >= 0.6 is 0 Å². The van der Waals surface area contributed by atoms with E-state index in [9.17, 15) is 14.4 Å². The van der Waals surface area contributed by atoms with Crippen LogP contribution in [0.2, 0.25) is 0 Å². The lowest BCUT2D eigenvalue weighted by atomic mass is 9.94. The van der Waals surface area contributed by atoms with Crippen LogP contribution in [0.4, 0.5) is 5.82 Å². The van der Waals surface area contributed by atoms with Gasteiger partial charge in [0.15, 0.2) is 0 Å². The maximum atomic E-state index is 12.3. The predicted molar refractivity (Wildman–Crippen MR) is 86.2 cm³/mol. The summed E-state index contributed by atoms with van der Waals surface area (Å²) < 4.78 is 6.39. The number of carbonyl (C=O) groups is 1. The highest BCUT2D eigenvalue weighted by Gasteiger charge is 2.37. The Hall–Kier alpha value is -2.09. The van der Waals surface area contributed by atoms with E-state index in [4.69, 9.17) is 10.5 Å². The van der Waals surface area contributed by atoms with E-state index in [1.54, 1.807) is 25.7 Å². The Labute approximate surface area is 134 Å². The SMILES string of the molecule is Cn1c(=O)cc(N2CCCC(C(=O)OC(C)(C)C)[C@H]2N)[nH]c1=O. The number of esters is 1.